The Labute approximate surface area is 235 Å². The van der Waals surface area contributed by atoms with Crippen LogP contribution in [0.4, 0.5) is 18.0 Å². The Balaban J connectivity index is 1.44. The van der Waals surface area contributed by atoms with Crippen LogP contribution in [0.15, 0.2) is 82.0 Å². The third kappa shape index (κ3) is 7.44. The minimum Gasteiger partial charge on any atom is -0.465 e. The summed E-state index contributed by atoms with van der Waals surface area (Å²) >= 11 is 0. The van der Waals surface area contributed by atoms with Crippen molar-refractivity contribution >= 4 is 29.0 Å². The van der Waals surface area contributed by atoms with Gasteiger partial charge in [-0.25, -0.2) is 9.59 Å². The Hall–Kier alpha value is -5.33. The van der Waals surface area contributed by atoms with Gasteiger partial charge in [0.1, 0.15) is 23.7 Å². The summed E-state index contributed by atoms with van der Waals surface area (Å²) in [7, 11) is 1.17. The van der Waals surface area contributed by atoms with Crippen molar-refractivity contribution in [2.24, 2.45) is 0 Å². The van der Waals surface area contributed by atoms with Crippen LogP contribution in [0.3, 0.4) is 0 Å². The Bertz CT molecular complexity index is 1650. The SMILES string of the molecule is COC(=O)c1ccc(Oc2c(C(F)(F)F)oc3cc(OC(=O)CCNC(=O)OCc4ccccc4)ccc3c2=O)cc1. The van der Waals surface area contributed by atoms with E-state index in [1.54, 1.807) is 24.3 Å². The smallest absolute Gasteiger partial charge is 0.453 e. The first-order chi connectivity index (χ1) is 20.0. The molecule has 0 atom stereocenters. The quantitative estimate of drug-likeness (QED) is 0.197. The van der Waals surface area contributed by atoms with E-state index in [0.717, 1.165) is 17.7 Å². The van der Waals surface area contributed by atoms with Crippen LogP contribution in [0.1, 0.15) is 28.1 Å². The molecule has 4 aromatic rings. The van der Waals surface area contributed by atoms with Gasteiger partial charge in [-0.15, -0.1) is 0 Å². The summed E-state index contributed by atoms with van der Waals surface area (Å²) in [5.74, 6) is -4.66. The van der Waals surface area contributed by atoms with Crippen LogP contribution < -0.4 is 20.2 Å². The number of fused-ring (bicyclic) bond motifs is 1. The zero-order valence-corrected chi connectivity index (χ0v) is 21.9. The fourth-order valence-electron chi connectivity index (χ4n) is 3.62. The van der Waals surface area contributed by atoms with Gasteiger partial charge in [-0.05, 0) is 42.0 Å². The third-order valence-corrected chi connectivity index (χ3v) is 5.62. The molecule has 13 heteroatoms. The average Bonchev–Trinajstić information content (AvgIpc) is 2.97. The van der Waals surface area contributed by atoms with Gasteiger partial charge >= 0.3 is 24.2 Å². The maximum atomic E-state index is 13.8. The lowest BCUT2D eigenvalue weighted by Gasteiger charge is -2.14. The molecule has 0 aliphatic carbocycles. The molecule has 3 aromatic carbocycles. The lowest BCUT2D eigenvalue weighted by molar-refractivity contribution is -0.154. The number of alkyl halides is 3. The molecule has 0 bridgehead atoms. The van der Waals surface area contributed by atoms with E-state index < -0.39 is 46.7 Å². The molecule has 0 spiro atoms. The minimum atomic E-state index is -5.12. The number of carbonyl (C=O) groups is 3. The number of ether oxygens (including phenoxy) is 4. The zero-order chi connectivity index (χ0) is 30.3. The predicted octanol–water partition coefficient (Wildman–Crippen LogP) is 5.61. The Morgan fingerprint density at radius 2 is 1.62 bits per heavy atom. The number of rotatable bonds is 9. The second-order valence-electron chi connectivity index (χ2n) is 8.58. The number of alkyl carbamates (subject to hydrolysis) is 1. The number of halogens is 3. The number of carbonyl (C=O) groups excluding carboxylic acids is 3. The van der Waals surface area contributed by atoms with Gasteiger partial charge in [0.25, 0.3) is 5.76 Å². The molecule has 0 aliphatic heterocycles. The number of methoxy groups -OCH3 is 1. The maximum absolute atomic E-state index is 13.8. The van der Waals surface area contributed by atoms with Gasteiger partial charge in [0, 0.05) is 12.6 Å². The Morgan fingerprint density at radius 3 is 2.29 bits per heavy atom. The van der Waals surface area contributed by atoms with E-state index in [4.69, 9.17) is 18.6 Å². The zero-order valence-electron chi connectivity index (χ0n) is 21.9. The minimum absolute atomic E-state index is 0.0355. The molecule has 1 N–H and O–H groups in total. The lowest BCUT2D eigenvalue weighted by atomic mass is 10.2. The molecular weight excluding hydrogens is 563 g/mol. The summed E-state index contributed by atoms with van der Waals surface area (Å²) < 4.78 is 66.5. The van der Waals surface area contributed by atoms with Gasteiger partial charge in [-0.2, -0.15) is 13.2 Å². The van der Waals surface area contributed by atoms with Crippen LogP contribution in [-0.4, -0.2) is 31.7 Å². The molecule has 218 valence electrons. The number of benzene rings is 3. The summed E-state index contributed by atoms with van der Waals surface area (Å²) in [4.78, 5) is 48.6. The lowest BCUT2D eigenvalue weighted by Crippen LogP contribution is -2.27. The van der Waals surface area contributed by atoms with E-state index in [-0.39, 0.29) is 42.0 Å². The van der Waals surface area contributed by atoms with Crippen molar-refractivity contribution in [1.29, 1.82) is 0 Å². The van der Waals surface area contributed by atoms with Gasteiger partial charge in [0.2, 0.25) is 11.2 Å². The van der Waals surface area contributed by atoms with Crippen molar-refractivity contribution in [3.63, 3.8) is 0 Å². The van der Waals surface area contributed by atoms with E-state index in [0.29, 0.717) is 0 Å². The highest BCUT2D eigenvalue weighted by Crippen LogP contribution is 2.38. The highest BCUT2D eigenvalue weighted by atomic mass is 19.4. The number of hydrogen-bond acceptors (Lipinski definition) is 9. The van der Waals surface area contributed by atoms with Crippen LogP contribution in [0, 0.1) is 0 Å². The highest BCUT2D eigenvalue weighted by Gasteiger charge is 2.40. The van der Waals surface area contributed by atoms with Crippen LogP contribution in [0.25, 0.3) is 11.0 Å². The molecule has 42 heavy (non-hydrogen) atoms. The molecular formula is C29H22F3NO9. The summed E-state index contributed by atoms with van der Waals surface area (Å²) in [5.41, 5.74) is -0.741. The van der Waals surface area contributed by atoms with E-state index in [1.165, 1.54) is 37.4 Å². The third-order valence-electron chi connectivity index (χ3n) is 5.62. The van der Waals surface area contributed by atoms with Crippen LogP contribution in [-0.2, 0) is 27.1 Å². The Kier molecular flexibility index (Phi) is 9.10. The summed E-state index contributed by atoms with van der Waals surface area (Å²) in [6.45, 7) is -0.0948. The first-order valence-corrected chi connectivity index (χ1v) is 12.2. The molecule has 1 amide bonds. The number of amides is 1. The van der Waals surface area contributed by atoms with Crippen molar-refractivity contribution in [3.8, 4) is 17.2 Å². The average molecular weight is 585 g/mol. The fraction of sp³-hybridized carbons (Fsp3) is 0.172. The summed E-state index contributed by atoms with van der Waals surface area (Å²) in [5, 5.41) is 2.11. The molecule has 0 unspecified atom stereocenters. The molecule has 10 nitrogen and oxygen atoms in total. The summed E-state index contributed by atoms with van der Waals surface area (Å²) in [6.07, 6.45) is -6.16. The molecule has 0 saturated heterocycles. The monoisotopic (exact) mass is 585 g/mol. The molecule has 4 rings (SSSR count). The van der Waals surface area contributed by atoms with Gasteiger partial charge in [0.05, 0.1) is 24.5 Å². The van der Waals surface area contributed by atoms with Gasteiger partial charge < -0.3 is 28.7 Å². The van der Waals surface area contributed by atoms with E-state index in [1.807, 2.05) is 6.07 Å². The van der Waals surface area contributed by atoms with E-state index in [9.17, 15) is 32.3 Å². The molecule has 1 aromatic heterocycles. The van der Waals surface area contributed by atoms with Crippen molar-refractivity contribution in [2.75, 3.05) is 13.7 Å². The molecule has 0 fully saturated rings. The summed E-state index contributed by atoms with van der Waals surface area (Å²) in [6, 6.07) is 17.1. The predicted molar refractivity (Wildman–Crippen MR) is 140 cm³/mol. The van der Waals surface area contributed by atoms with Crippen molar-refractivity contribution in [2.45, 2.75) is 19.2 Å². The number of esters is 2. The first-order valence-electron chi connectivity index (χ1n) is 12.2. The largest absolute Gasteiger partial charge is 0.465 e. The normalized spacial score (nSPS) is 11.0. The van der Waals surface area contributed by atoms with Gasteiger partial charge in [-0.1, -0.05) is 30.3 Å². The topological polar surface area (TPSA) is 130 Å². The van der Waals surface area contributed by atoms with Crippen LogP contribution in [0.5, 0.6) is 17.2 Å². The van der Waals surface area contributed by atoms with Gasteiger partial charge in [0.15, 0.2) is 0 Å². The second-order valence-corrected chi connectivity index (χ2v) is 8.58. The van der Waals surface area contributed by atoms with Crippen molar-refractivity contribution < 1.29 is 50.9 Å². The first kappa shape index (κ1) is 29.6. The fourth-order valence-corrected chi connectivity index (χ4v) is 3.62. The molecule has 1 heterocycles. The maximum Gasteiger partial charge on any atom is 0.453 e. The van der Waals surface area contributed by atoms with Crippen LogP contribution >= 0.6 is 0 Å². The molecule has 0 aliphatic rings. The van der Waals surface area contributed by atoms with Crippen molar-refractivity contribution in [3.05, 3.63) is 99.9 Å². The molecule has 0 radical (unpaired) electrons. The highest BCUT2D eigenvalue weighted by molar-refractivity contribution is 5.89. The van der Waals surface area contributed by atoms with Crippen LogP contribution in [0.2, 0.25) is 0 Å². The van der Waals surface area contributed by atoms with E-state index >= 15 is 0 Å². The number of nitrogens with one attached hydrogen (secondary N) is 1. The second kappa shape index (κ2) is 12.9. The van der Waals surface area contributed by atoms with E-state index in [2.05, 4.69) is 10.1 Å². The van der Waals surface area contributed by atoms with Gasteiger partial charge in [-0.3, -0.25) is 9.59 Å². The van der Waals surface area contributed by atoms with Crippen molar-refractivity contribution in [1.82, 2.24) is 5.32 Å². The number of hydrogen-bond donors (Lipinski definition) is 1. The Morgan fingerprint density at radius 1 is 0.929 bits per heavy atom. The molecule has 0 saturated carbocycles. The standard InChI is InChI=1S/C29H22F3NO9/c1-38-27(36)18-7-9-19(10-8-18)41-25-24(35)21-12-11-20(15-22(21)42-26(25)29(30,31)32)40-23(34)13-14-33-28(37)39-16-17-5-3-2-4-6-17/h2-12,15H,13-14,16H2,1H3,(H,33,37).